The SMILES string of the molecule is C=C/C=C(\C=C/N)[C@@H]1N(Cc2ccccc2)C(c2ccccc2)=N[C@]1(C)C(=O)O. The summed E-state index contributed by atoms with van der Waals surface area (Å²) >= 11 is 0. The zero-order valence-corrected chi connectivity index (χ0v) is 16.4. The summed E-state index contributed by atoms with van der Waals surface area (Å²) in [6.07, 6.45) is 6.56. The Morgan fingerprint density at radius 3 is 2.38 bits per heavy atom. The van der Waals surface area contributed by atoms with E-state index < -0.39 is 17.6 Å². The molecule has 1 aliphatic heterocycles. The molecule has 1 heterocycles. The minimum atomic E-state index is -1.38. The number of rotatable bonds is 7. The molecule has 5 nitrogen and oxygen atoms in total. The van der Waals surface area contributed by atoms with Crippen molar-refractivity contribution in [3.05, 3.63) is 108 Å². The minimum absolute atomic E-state index is 0.509. The van der Waals surface area contributed by atoms with Gasteiger partial charge in [0.05, 0.1) is 6.04 Å². The van der Waals surface area contributed by atoms with Gasteiger partial charge in [-0.15, -0.1) is 0 Å². The monoisotopic (exact) mass is 387 g/mol. The highest BCUT2D eigenvalue weighted by Crippen LogP contribution is 2.37. The van der Waals surface area contributed by atoms with Crippen molar-refractivity contribution < 1.29 is 9.90 Å². The van der Waals surface area contributed by atoms with E-state index in [4.69, 9.17) is 10.7 Å². The van der Waals surface area contributed by atoms with E-state index in [-0.39, 0.29) is 0 Å². The summed E-state index contributed by atoms with van der Waals surface area (Å²) in [4.78, 5) is 19.1. The summed E-state index contributed by atoms with van der Waals surface area (Å²) in [6, 6.07) is 19.0. The predicted octanol–water partition coefficient (Wildman–Crippen LogP) is 3.75. The molecule has 3 rings (SSSR count). The summed E-state index contributed by atoms with van der Waals surface area (Å²) in [5, 5.41) is 10.1. The molecule has 0 bridgehead atoms. The van der Waals surface area contributed by atoms with Crippen molar-refractivity contribution in [2.24, 2.45) is 10.7 Å². The summed E-state index contributed by atoms with van der Waals surface area (Å²) in [5.41, 5.74) is 6.96. The van der Waals surface area contributed by atoms with Crippen LogP contribution in [0.3, 0.4) is 0 Å². The lowest BCUT2D eigenvalue weighted by Crippen LogP contribution is -2.50. The van der Waals surface area contributed by atoms with Crippen LogP contribution in [0, 0.1) is 0 Å². The number of carbonyl (C=O) groups is 1. The first-order valence-electron chi connectivity index (χ1n) is 9.41. The average Bonchev–Trinajstić information content (AvgIpc) is 3.03. The summed E-state index contributed by atoms with van der Waals surface area (Å²) in [7, 11) is 0. The normalized spacial score (nSPS) is 22.0. The molecule has 3 N–H and O–H groups in total. The molecule has 0 radical (unpaired) electrons. The number of nitrogens with zero attached hydrogens (tertiary/aromatic N) is 2. The molecule has 29 heavy (non-hydrogen) atoms. The molecule has 2 atom stereocenters. The van der Waals surface area contributed by atoms with Crippen LogP contribution >= 0.6 is 0 Å². The molecule has 0 saturated carbocycles. The van der Waals surface area contributed by atoms with E-state index >= 15 is 0 Å². The molecule has 2 aromatic rings. The second kappa shape index (κ2) is 8.61. The van der Waals surface area contributed by atoms with Crippen LogP contribution in [0.1, 0.15) is 18.1 Å². The van der Waals surface area contributed by atoms with Gasteiger partial charge in [-0.2, -0.15) is 0 Å². The van der Waals surface area contributed by atoms with Crippen LogP contribution in [-0.4, -0.2) is 33.4 Å². The Kier molecular flexibility index (Phi) is 5.98. The third-order valence-electron chi connectivity index (χ3n) is 5.03. The van der Waals surface area contributed by atoms with Gasteiger partial charge < -0.3 is 15.7 Å². The lowest BCUT2D eigenvalue weighted by Gasteiger charge is -2.34. The maximum atomic E-state index is 12.4. The molecule has 0 aromatic heterocycles. The number of allylic oxidation sites excluding steroid dienone is 2. The van der Waals surface area contributed by atoms with Crippen molar-refractivity contribution in [2.75, 3.05) is 0 Å². The second-order valence-electron chi connectivity index (χ2n) is 7.03. The highest BCUT2D eigenvalue weighted by Gasteiger charge is 2.52. The number of benzene rings is 2. The van der Waals surface area contributed by atoms with Crippen LogP contribution in [0.4, 0.5) is 0 Å². The van der Waals surface area contributed by atoms with Crippen molar-refractivity contribution in [3.63, 3.8) is 0 Å². The van der Waals surface area contributed by atoms with E-state index in [1.54, 1.807) is 25.2 Å². The van der Waals surface area contributed by atoms with Crippen LogP contribution in [0.15, 0.2) is 102 Å². The number of hydrogen-bond acceptors (Lipinski definition) is 4. The van der Waals surface area contributed by atoms with Gasteiger partial charge in [0.1, 0.15) is 5.84 Å². The molecular formula is C24H25N3O2. The summed E-state index contributed by atoms with van der Waals surface area (Å²) < 4.78 is 0. The van der Waals surface area contributed by atoms with E-state index in [9.17, 15) is 9.90 Å². The molecule has 148 valence electrons. The van der Waals surface area contributed by atoms with Crippen LogP contribution in [0.5, 0.6) is 0 Å². The Morgan fingerprint density at radius 2 is 1.83 bits per heavy atom. The third kappa shape index (κ3) is 3.99. The third-order valence-corrected chi connectivity index (χ3v) is 5.03. The van der Waals surface area contributed by atoms with Gasteiger partial charge in [0, 0.05) is 12.1 Å². The molecule has 0 fully saturated rings. The zero-order chi connectivity index (χ0) is 20.9. The van der Waals surface area contributed by atoms with Gasteiger partial charge in [0.15, 0.2) is 5.54 Å². The molecule has 2 aromatic carbocycles. The van der Waals surface area contributed by atoms with Crippen molar-refractivity contribution in [1.82, 2.24) is 4.90 Å². The maximum absolute atomic E-state index is 12.4. The van der Waals surface area contributed by atoms with E-state index in [1.165, 1.54) is 6.20 Å². The minimum Gasteiger partial charge on any atom is -0.479 e. The Hall–Kier alpha value is -3.60. The number of carboxylic acids is 1. The Balaban J connectivity index is 2.19. The maximum Gasteiger partial charge on any atom is 0.333 e. The largest absolute Gasteiger partial charge is 0.479 e. The first kappa shape index (κ1) is 20.1. The van der Waals surface area contributed by atoms with Crippen molar-refractivity contribution in [1.29, 1.82) is 0 Å². The molecule has 0 unspecified atom stereocenters. The quantitative estimate of drug-likeness (QED) is 0.709. The summed E-state index contributed by atoms with van der Waals surface area (Å²) in [5.74, 6) is -0.350. The van der Waals surface area contributed by atoms with Crippen molar-refractivity contribution in [3.8, 4) is 0 Å². The predicted molar refractivity (Wildman–Crippen MR) is 116 cm³/mol. The molecule has 0 amide bonds. The Bertz CT molecular complexity index is 964. The number of hydrogen-bond donors (Lipinski definition) is 2. The number of carboxylic acid groups (broad SMARTS) is 1. The highest BCUT2D eigenvalue weighted by atomic mass is 16.4. The number of amidine groups is 1. The number of nitrogens with two attached hydrogens (primary N) is 1. The molecule has 0 spiro atoms. The number of aliphatic imine (C=N–C) groups is 1. The van der Waals surface area contributed by atoms with E-state index in [2.05, 4.69) is 6.58 Å². The van der Waals surface area contributed by atoms with Gasteiger partial charge in [-0.05, 0) is 30.3 Å². The molecule has 1 aliphatic rings. The Morgan fingerprint density at radius 1 is 1.21 bits per heavy atom. The smallest absolute Gasteiger partial charge is 0.333 e. The van der Waals surface area contributed by atoms with Gasteiger partial charge in [0.2, 0.25) is 0 Å². The average molecular weight is 387 g/mol. The van der Waals surface area contributed by atoms with Crippen LogP contribution in [0.25, 0.3) is 0 Å². The lowest BCUT2D eigenvalue weighted by molar-refractivity contribution is -0.143. The standard InChI is InChI=1S/C24H25N3O2/c1-3-10-19(15-16-25)21-24(2,23(28)29)26-22(20-13-8-5-9-14-20)27(21)17-18-11-6-4-7-12-18/h3-16,21H,1,17,25H2,2H3,(H,28,29)/b16-15-,19-10+/t21-,24-/m0/s1. The van der Waals surface area contributed by atoms with Crippen molar-refractivity contribution >= 4 is 11.8 Å². The van der Waals surface area contributed by atoms with Crippen LogP contribution < -0.4 is 5.73 Å². The zero-order valence-electron chi connectivity index (χ0n) is 16.4. The summed E-state index contributed by atoms with van der Waals surface area (Å²) in [6.45, 7) is 5.94. The van der Waals surface area contributed by atoms with Crippen molar-refractivity contribution in [2.45, 2.75) is 25.0 Å². The van der Waals surface area contributed by atoms with Crippen LogP contribution in [0.2, 0.25) is 0 Å². The molecule has 0 saturated heterocycles. The lowest BCUT2D eigenvalue weighted by atomic mass is 9.86. The first-order valence-corrected chi connectivity index (χ1v) is 9.41. The molecular weight excluding hydrogens is 362 g/mol. The van der Waals surface area contributed by atoms with Gasteiger partial charge in [-0.1, -0.05) is 79.4 Å². The fourth-order valence-corrected chi connectivity index (χ4v) is 3.69. The van der Waals surface area contributed by atoms with E-state index in [1.807, 2.05) is 65.6 Å². The van der Waals surface area contributed by atoms with Gasteiger partial charge in [-0.25, -0.2) is 9.79 Å². The highest BCUT2D eigenvalue weighted by molar-refractivity contribution is 6.04. The molecule has 0 aliphatic carbocycles. The fraction of sp³-hybridized carbons (Fsp3) is 0.167. The second-order valence-corrected chi connectivity index (χ2v) is 7.03. The fourth-order valence-electron chi connectivity index (χ4n) is 3.69. The van der Waals surface area contributed by atoms with Gasteiger partial charge >= 0.3 is 5.97 Å². The van der Waals surface area contributed by atoms with Crippen LogP contribution in [-0.2, 0) is 11.3 Å². The van der Waals surface area contributed by atoms with Gasteiger partial charge in [-0.3, -0.25) is 0 Å². The van der Waals surface area contributed by atoms with Gasteiger partial charge in [0.25, 0.3) is 0 Å². The Labute approximate surface area is 171 Å². The number of aliphatic carboxylic acids is 1. The van der Waals surface area contributed by atoms with E-state index in [0.717, 1.165) is 16.7 Å². The molecule has 5 heteroatoms. The van der Waals surface area contributed by atoms with E-state index in [0.29, 0.717) is 12.4 Å². The topological polar surface area (TPSA) is 78.9 Å². The first-order chi connectivity index (χ1) is 14.0.